The average molecular weight is 404 g/mol. The molecule has 0 heterocycles. The van der Waals surface area contributed by atoms with E-state index in [-0.39, 0.29) is 24.7 Å². The fourth-order valence-corrected chi connectivity index (χ4v) is 2.79. The smallest absolute Gasteiger partial charge is 0.188 e. The largest absolute Gasteiger partial charge is 0.488 e. The van der Waals surface area contributed by atoms with Gasteiger partial charge in [-0.3, -0.25) is 0 Å². The highest BCUT2D eigenvalue weighted by Crippen LogP contribution is 2.36. The summed E-state index contributed by atoms with van der Waals surface area (Å²) >= 11 is 0. The van der Waals surface area contributed by atoms with Crippen LogP contribution in [0, 0.1) is 17.5 Å². The van der Waals surface area contributed by atoms with E-state index < -0.39 is 29.1 Å². The maximum absolute atomic E-state index is 14.2. The Morgan fingerprint density at radius 2 is 1.59 bits per heavy atom. The predicted octanol–water partition coefficient (Wildman–Crippen LogP) is 4.75. The summed E-state index contributed by atoms with van der Waals surface area (Å²) in [4.78, 5) is 0. The lowest BCUT2D eigenvalue weighted by Crippen LogP contribution is -2.09. The lowest BCUT2D eigenvalue weighted by atomic mass is 9.99. The molecule has 0 fully saturated rings. The van der Waals surface area contributed by atoms with Crippen molar-refractivity contribution in [2.75, 3.05) is 13.9 Å². The van der Waals surface area contributed by atoms with Gasteiger partial charge in [-0.15, -0.1) is 0 Å². The monoisotopic (exact) mass is 404 g/mol. The second-order valence-electron chi connectivity index (χ2n) is 6.21. The second kappa shape index (κ2) is 9.45. The molecule has 3 aromatic rings. The minimum absolute atomic E-state index is 0.0127. The van der Waals surface area contributed by atoms with Crippen molar-refractivity contribution in [2.45, 2.75) is 12.7 Å². The van der Waals surface area contributed by atoms with Crippen molar-refractivity contribution in [2.24, 2.45) is 0 Å². The van der Waals surface area contributed by atoms with Gasteiger partial charge in [0.25, 0.3) is 0 Å². The Hall–Kier alpha value is -3.03. The molecule has 1 N–H and O–H groups in total. The number of methoxy groups -OCH3 is 1. The van der Waals surface area contributed by atoms with Crippen LogP contribution in [-0.4, -0.2) is 19.0 Å². The molecule has 0 radical (unpaired) electrons. The Morgan fingerprint density at radius 1 is 0.897 bits per heavy atom. The van der Waals surface area contributed by atoms with Crippen LogP contribution in [0.1, 0.15) is 22.8 Å². The Morgan fingerprint density at radius 3 is 2.24 bits per heavy atom. The first-order valence-corrected chi connectivity index (χ1v) is 8.74. The Labute approximate surface area is 166 Å². The molecule has 0 amide bonds. The molecule has 1 unspecified atom stereocenters. The summed E-state index contributed by atoms with van der Waals surface area (Å²) in [5.74, 6) is -2.91. The van der Waals surface area contributed by atoms with Crippen LogP contribution in [0.4, 0.5) is 13.2 Å². The minimum Gasteiger partial charge on any atom is -0.488 e. The maximum atomic E-state index is 14.2. The molecule has 3 rings (SSSR count). The van der Waals surface area contributed by atoms with Crippen LogP contribution in [-0.2, 0) is 11.3 Å². The first-order valence-electron chi connectivity index (χ1n) is 8.74. The third-order valence-electron chi connectivity index (χ3n) is 4.18. The molecule has 7 heteroatoms. The summed E-state index contributed by atoms with van der Waals surface area (Å²) < 4.78 is 57.5. The number of aliphatic hydroxyl groups is 1. The minimum atomic E-state index is -1.71. The maximum Gasteiger partial charge on any atom is 0.188 e. The second-order valence-corrected chi connectivity index (χ2v) is 6.21. The molecule has 0 aromatic heterocycles. The number of hydrogen-bond acceptors (Lipinski definition) is 4. The van der Waals surface area contributed by atoms with Crippen LogP contribution in [0.3, 0.4) is 0 Å². The van der Waals surface area contributed by atoms with Gasteiger partial charge in [-0.25, -0.2) is 13.2 Å². The molecular weight excluding hydrogens is 385 g/mol. The molecule has 0 saturated heterocycles. The molecule has 0 aliphatic rings. The van der Waals surface area contributed by atoms with Gasteiger partial charge in [0.05, 0.1) is 5.56 Å². The average Bonchev–Trinajstić information content (AvgIpc) is 2.70. The number of halogens is 3. The first kappa shape index (κ1) is 20.7. The van der Waals surface area contributed by atoms with E-state index in [1.165, 1.54) is 25.3 Å². The van der Waals surface area contributed by atoms with Gasteiger partial charge >= 0.3 is 0 Å². The van der Waals surface area contributed by atoms with Gasteiger partial charge in [0.1, 0.15) is 41.7 Å². The fourth-order valence-electron chi connectivity index (χ4n) is 2.79. The lowest BCUT2D eigenvalue weighted by Gasteiger charge is -2.19. The van der Waals surface area contributed by atoms with Crippen LogP contribution in [0.25, 0.3) is 0 Å². The zero-order chi connectivity index (χ0) is 20.8. The van der Waals surface area contributed by atoms with E-state index >= 15 is 0 Å². The van der Waals surface area contributed by atoms with Gasteiger partial charge in [0.2, 0.25) is 0 Å². The predicted molar refractivity (Wildman–Crippen MR) is 100 cm³/mol. The molecule has 3 aromatic carbocycles. The molecule has 4 nitrogen and oxygen atoms in total. The third kappa shape index (κ3) is 5.07. The van der Waals surface area contributed by atoms with Crippen LogP contribution in [0.5, 0.6) is 11.5 Å². The van der Waals surface area contributed by atoms with E-state index in [0.717, 1.165) is 5.56 Å². The number of ether oxygens (including phenoxy) is 3. The van der Waals surface area contributed by atoms with E-state index in [9.17, 15) is 18.3 Å². The summed E-state index contributed by atoms with van der Waals surface area (Å²) in [5.41, 5.74) is 0.298. The zero-order valence-corrected chi connectivity index (χ0v) is 15.6. The standard InChI is InChI=1S/C22H19F3O4/c1-27-13-29-16-7-8-17(20(11-16)28-12-14-5-3-2-4-6-14)22(26)21-18(24)9-15(23)10-19(21)25/h2-11,22,26H,12-13H2,1H3. The molecule has 152 valence electrons. The highest BCUT2D eigenvalue weighted by atomic mass is 19.1. The van der Waals surface area contributed by atoms with Crippen molar-refractivity contribution in [3.63, 3.8) is 0 Å². The number of benzene rings is 3. The van der Waals surface area contributed by atoms with Crippen molar-refractivity contribution in [3.05, 3.63) is 94.8 Å². The molecule has 0 aliphatic carbocycles. The van der Waals surface area contributed by atoms with Gasteiger partial charge in [0, 0.05) is 30.9 Å². The number of hydrogen-bond donors (Lipinski definition) is 1. The lowest BCUT2D eigenvalue weighted by molar-refractivity contribution is 0.0508. The van der Waals surface area contributed by atoms with Crippen LogP contribution >= 0.6 is 0 Å². The van der Waals surface area contributed by atoms with Crippen molar-refractivity contribution < 1.29 is 32.5 Å². The first-order chi connectivity index (χ1) is 14.0. The van der Waals surface area contributed by atoms with Crippen molar-refractivity contribution >= 4 is 0 Å². The van der Waals surface area contributed by atoms with Gasteiger partial charge in [-0.2, -0.15) is 0 Å². The summed E-state index contributed by atoms with van der Waals surface area (Å²) in [6.07, 6.45) is -1.71. The van der Waals surface area contributed by atoms with Crippen molar-refractivity contribution in [3.8, 4) is 11.5 Å². The molecule has 1 atom stereocenters. The third-order valence-corrected chi connectivity index (χ3v) is 4.18. The van der Waals surface area contributed by atoms with E-state index in [1.807, 2.05) is 30.3 Å². The molecule has 29 heavy (non-hydrogen) atoms. The van der Waals surface area contributed by atoms with E-state index in [2.05, 4.69) is 0 Å². The Kier molecular flexibility index (Phi) is 6.74. The number of aliphatic hydroxyl groups excluding tert-OH is 1. The molecular formula is C22H19F3O4. The molecule has 0 bridgehead atoms. The van der Waals surface area contributed by atoms with E-state index in [4.69, 9.17) is 14.2 Å². The van der Waals surface area contributed by atoms with Crippen molar-refractivity contribution in [1.82, 2.24) is 0 Å². The van der Waals surface area contributed by atoms with Crippen LogP contribution in [0.15, 0.2) is 60.7 Å². The zero-order valence-electron chi connectivity index (χ0n) is 15.6. The fraction of sp³-hybridized carbons (Fsp3) is 0.182. The quantitative estimate of drug-likeness (QED) is 0.551. The molecule has 0 saturated carbocycles. The van der Waals surface area contributed by atoms with Gasteiger partial charge < -0.3 is 19.3 Å². The summed E-state index contributed by atoms with van der Waals surface area (Å²) in [7, 11) is 1.46. The summed E-state index contributed by atoms with van der Waals surface area (Å²) in [6, 6.07) is 14.7. The SMILES string of the molecule is COCOc1ccc(C(O)c2c(F)cc(F)cc2F)c(OCc2ccccc2)c1. The van der Waals surface area contributed by atoms with Gasteiger partial charge in [-0.05, 0) is 17.7 Å². The Bertz CT molecular complexity index is 941. The molecule has 0 aliphatic heterocycles. The van der Waals surface area contributed by atoms with Gasteiger partial charge in [0.15, 0.2) is 6.79 Å². The van der Waals surface area contributed by atoms with Crippen LogP contribution < -0.4 is 9.47 Å². The van der Waals surface area contributed by atoms with E-state index in [0.29, 0.717) is 17.9 Å². The molecule has 0 spiro atoms. The number of rotatable bonds is 8. The Balaban J connectivity index is 1.95. The van der Waals surface area contributed by atoms with Crippen LogP contribution in [0.2, 0.25) is 0 Å². The summed E-state index contributed by atoms with van der Waals surface area (Å²) in [5, 5.41) is 10.6. The normalized spacial score (nSPS) is 11.9. The summed E-state index contributed by atoms with van der Waals surface area (Å²) in [6.45, 7) is 0.143. The van der Waals surface area contributed by atoms with Gasteiger partial charge in [-0.1, -0.05) is 30.3 Å². The van der Waals surface area contributed by atoms with E-state index in [1.54, 1.807) is 0 Å². The highest BCUT2D eigenvalue weighted by molar-refractivity contribution is 5.46. The topological polar surface area (TPSA) is 47.9 Å². The highest BCUT2D eigenvalue weighted by Gasteiger charge is 2.24. The van der Waals surface area contributed by atoms with Crippen molar-refractivity contribution in [1.29, 1.82) is 0 Å².